The molecule has 6 heteroatoms. The van der Waals surface area contributed by atoms with Gasteiger partial charge in [0.15, 0.2) is 0 Å². The second-order valence-electron chi connectivity index (χ2n) is 4.27. The van der Waals surface area contributed by atoms with Gasteiger partial charge in [-0.1, -0.05) is 0 Å². The lowest BCUT2D eigenvalue weighted by Crippen LogP contribution is -2.37. The maximum absolute atomic E-state index is 11.8. The Morgan fingerprint density at radius 1 is 1.25 bits per heavy atom. The smallest absolute Gasteiger partial charge is 0.356 e. The number of halogens is 3. The van der Waals surface area contributed by atoms with Crippen LogP contribution in [0.1, 0.15) is 32.1 Å². The Morgan fingerprint density at radius 3 is 2.31 bits per heavy atom. The maximum atomic E-state index is 11.8. The van der Waals surface area contributed by atoms with Gasteiger partial charge in [0.05, 0.1) is 6.42 Å². The first kappa shape index (κ1) is 13.3. The lowest BCUT2D eigenvalue weighted by Gasteiger charge is -2.25. The first-order valence-electron chi connectivity index (χ1n) is 5.48. The molecule has 0 bridgehead atoms. The Kier molecular flexibility index (Phi) is 4.58. The minimum absolute atomic E-state index is 0.138. The topological polar surface area (TPSA) is 55.1 Å². The molecule has 0 aromatic carbocycles. The van der Waals surface area contributed by atoms with Crippen molar-refractivity contribution in [2.45, 2.75) is 44.3 Å². The number of alkyl halides is 3. The van der Waals surface area contributed by atoms with Crippen LogP contribution in [-0.4, -0.2) is 24.7 Å². The Bertz CT molecular complexity index is 235. The molecule has 0 saturated heterocycles. The normalized spacial score (nSPS) is 26.5. The van der Waals surface area contributed by atoms with Gasteiger partial charge in [0.25, 0.3) is 0 Å². The second-order valence-corrected chi connectivity index (χ2v) is 4.27. The standard InChI is InChI=1S/C10H17F3N2O/c11-10(12,13)5-6-15-9(16)7-1-3-8(14)4-2-7/h7-8H,1-6,14H2,(H,15,16). The van der Waals surface area contributed by atoms with Crippen molar-refractivity contribution in [1.29, 1.82) is 0 Å². The average Bonchev–Trinajstić information content (AvgIpc) is 2.16. The van der Waals surface area contributed by atoms with E-state index in [-0.39, 0.29) is 24.4 Å². The van der Waals surface area contributed by atoms with Crippen LogP contribution in [0.2, 0.25) is 0 Å². The first-order valence-corrected chi connectivity index (χ1v) is 5.48. The maximum Gasteiger partial charge on any atom is 0.390 e. The molecule has 1 amide bonds. The zero-order valence-corrected chi connectivity index (χ0v) is 9.02. The molecule has 94 valence electrons. The van der Waals surface area contributed by atoms with Gasteiger partial charge in [-0.15, -0.1) is 0 Å². The summed E-state index contributed by atoms with van der Waals surface area (Å²) < 4.78 is 35.5. The quantitative estimate of drug-likeness (QED) is 0.784. The minimum atomic E-state index is -4.21. The molecule has 0 spiro atoms. The highest BCUT2D eigenvalue weighted by molar-refractivity contribution is 5.78. The summed E-state index contributed by atoms with van der Waals surface area (Å²) in [5.74, 6) is -0.427. The molecule has 0 aromatic heterocycles. The van der Waals surface area contributed by atoms with Crippen LogP contribution < -0.4 is 11.1 Å². The van der Waals surface area contributed by atoms with E-state index in [4.69, 9.17) is 5.73 Å². The number of nitrogens with one attached hydrogen (secondary N) is 1. The molecular formula is C10H17F3N2O. The van der Waals surface area contributed by atoms with Crippen LogP contribution in [0.15, 0.2) is 0 Å². The van der Waals surface area contributed by atoms with Crippen LogP contribution in [0.5, 0.6) is 0 Å². The van der Waals surface area contributed by atoms with Gasteiger partial charge in [0, 0.05) is 18.5 Å². The number of amides is 1. The molecule has 1 fully saturated rings. The van der Waals surface area contributed by atoms with E-state index in [2.05, 4.69) is 5.32 Å². The fourth-order valence-corrected chi connectivity index (χ4v) is 1.85. The van der Waals surface area contributed by atoms with E-state index >= 15 is 0 Å². The predicted octanol–water partition coefficient (Wildman–Crippen LogP) is 1.57. The monoisotopic (exact) mass is 238 g/mol. The third kappa shape index (κ3) is 4.83. The number of nitrogens with two attached hydrogens (primary N) is 1. The zero-order chi connectivity index (χ0) is 12.2. The minimum Gasteiger partial charge on any atom is -0.356 e. The van der Waals surface area contributed by atoms with Crippen molar-refractivity contribution in [1.82, 2.24) is 5.32 Å². The van der Waals surface area contributed by atoms with Gasteiger partial charge in [-0.05, 0) is 25.7 Å². The van der Waals surface area contributed by atoms with Crippen LogP contribution in [0.4, 0.5) is 13.2 Å². The summed E-state index contributed by atoms with van der Waals surface area (Å²) in [6.45, 7) is -0.328. The molecule has 1 saturated carbocycles. The van der Waals surface area contributed by atoms with E-state index < -0.39 is 12.6 Å². The van der Waals surface area contributed by atoms with E-state index in [0.29, 0.717) is 12.8 Å². The van der Waals surface area contributed by atoms with Crippen LogP contribution in [0, 0.1) is 5.92 Å². The molecule has 0 heterocycles. The Balaban J connectivity index is 2.20. The van der Waals surface area contributed by atoms with Crippen molar-refractivity contribution >= 4 is 5.91 Å². The largest absolute Gasteiger partial charge is 0.390 e. The number of carbonyl (C=O) groups excluding carboxylic acids is 1. The summed E-state index contributed by atoms with van der Waals surface area (Å²) >= 11 is 0. The summed E-state index contributed by atoms with van der Waals surface area (Å²) in [5, 5.41) is 2.32. The van der Waals surface area contributed by atoms with Crippen molar-refractivity contribution in [3.63, 3.8) is 0 Å². The summed E-state index contributed by atoms with van der Waals surface area (Å²) in [7, 11) is 0. The average molecular weight is 238 g/mol. The fraction of sp³-hybridized carbons (Fsp3) is 0.900. The van der Waals surface area contributed by atoms with E-state index in [1.165, 1.54) is 0 Å². The van der Waals surface area contributed by atoms with Gasteiger partial charge in [-0.3, -0.25) is 4.79 Å². The lowest BCUT2D eigenvalue weighted by atomic mass is 9.86. The van der Waals surface area contributed by atoms with Crippen molar-refractivity contribution in [2.24, 2.45) is 11.7 Å². The second kappa shape index (κ2) is 5.52. The van der Waals surface area contributed by atoms with Gasteiger partial charge < -0.3 is 11.1 Å². The Hall–Kier alpha value is -0.780. The SMILES string of the molecule is NC1CCC(C(=O)NCCC(F)(F)F)CC1. The number of hydrogen-bond acceptors (Lipinski definition) is 2. The molecule has 0 aliphatic heterocycles. The number of hydrogen-bond donors (Lipinski definition) is 2. The number of rotatable bonds is 3. The summed E-state index contributed by atoms with van der Waals surface area (Å²) in [6.07, 6.45) is -2.26. The van der Waals surface area contributed by atoms with E-state index in [9.17, 15) is 18.0 Å². The van der Waals surface area contributed by atoms with Crippen LogP contribution in [0.25, 0.3) is 0 Å². The molecule has 3 N–H and O–H groups in total. The molecule has 1 rings (SSSR count). The third-order valence-electron chi connectivity index (χ3n) is 2.85. The molecule has 0 radical (unpaired) electrons. The highest BCUT2D eigenvalue weighted by atomic mass is 19.4. The summed E-state index contributed by atoms with van der Waals surface area (Å²) in [5.41, 5.74) is 5.67. The highest BCUT2D eigenvalue weighted by Gasteiger charge is 2.28. The van der Waals surface area contributed by atoms with Crippen molar-refractivity contribution < 1.29 is 18.0 Å². The van der Waals surface area contributed by atoms with Gasteiger partial charge in [0.2, 0.25) is 5.91 Å². The predicted molar refractivity (Wildman–Crippen MR) is 53.6 cm³/mol. The molecule has 1 aliphatic rings. The molecule has 1 aliphatic carbocycles. The van der Waals surface area contributed by atoms with Crippen molar-refractivity contribution in [2.75, 3.05) is 6.54 Å². The van der Waals surface area contributed by atoms with E-state index in [0.717, 1.165) is 12.8 Å². The van der Waals surface area contributed by atoms with E-state index in [1.54, 1.807) is 0 Å². The van der Waals surface area contributed by atoms with E-state index in [1.807, 2.05) is 0 Å². The molecular weight excluding hydrogens is 221 g/mol. The molecule has 0 aromatic rings. The molecule has 16 heavy (non-hydrogen) atoms. The lowest BCUT2D eigenvalue weighted by molar-refractivity contribution is -0.136. The molecule has 3 nitrogen and oxygen atoms in total. The van der Waals surface area contributed by atoms with Crippen molar-refractivity contribution in [3.05, 3.63) is 0 Å². The van der Waals surface area contributed by atoms with Gasteiger partial charge >= 0.3 is 6.18 Å². The third-order valence-corrected chi connectivity index (χ3v) is 2.85. The Morgan fingerprint density at radius 2 is 1.81 bits per heavy atom. The fourth-order valence-electron chi connectivity index (χ4n) is 1.85. The van der Waals surface area contributed by atoms with Gasteiger partial charge in [-0.2, -0.15) is 13.2 Å². The molecule has 0 unspecified atom stereocenters. The van der Waals surface area contributed by atoms with Crippen LogP contribution in [0.3, 0.4) is 0 Å². The van der Waals surface area contributed by atoms with Crippen LogP contribution >= 0.6 is 0 Å². The Labute approximate surface area is 92.6 Å². The molecule has 0 atom stereocenters. The summed E-state index contributed by atoms with van der Waals surface area (Å²) in [4.78, 5) is 11.5. The van der Waals surface area contributed by atoms with Gasteiger partial charge in [0.1, 0.15) is 0 Å². The number of carbonyl (C=O) groups is 1. The van der Waals surface area contributed by atoms with Gasteiger partial charge in [-0.25, -0.2) is 0 Å². The first-order chi connectivity index (χ1) is 7.38. The highest BCUT2D eigenvalue weighted by Crippen LogP contribution is 2.23. The summed E-state index contributed by atoms with van der Waals surface area (Å²) in [6, 6.07) is 0.138. The van der Waals surface area contributed by atoms with Crippen molar-refractivity contribution in [3.8, 4) is 0 Å². The zero-order valence-electron chi connectivity index (χ0n) is 9.02. The van der Waals surface area contributed by atoms with Crippen LogP contribution in [-0.2, 0) is 4.79 Å².